The predicted molar refractivity (Wildman–Crippen MR) is 109 cm³/mol. The molecule has 0 saturated carbocycles. The summed E-state index contributed by atoms with van der Waals surface area (Å²) in [5.74, 6) is -1.32. The minimum absolute atomic E-state index is 0.00746. The quantitative estimate of drug-likeness (QED) is 0.611. The van der Waals surface area contributed by atoms with Crippen molar-refractivity contribution < 1.29 is 32.9 Å². The zero-order valence-electron chi connectivity index (χ0n) is 15.6. The molecule has 0 amide bonds. The number of alkyl halides is 3. The van der Waals surface area contributed by atoms with Gasteiger partial charge in [0.1, 0.15) is 22.1 Å². The molecule has 0 atom stereocenters. The zero-order chi connectivity index (χ0) is 21.9. The Bertz CT molecular complexity index is 1070. The number of carbonyl (C=O) groups excluding carboxylic acids is 1. The molecule has 2 N–H and O–H groups in total. The number of nitrogens with zero attached hydrogens (tertiary/aromatic N) is 1. The minimum Gasteiger partial charge on any atom is -0.507 e. The van der Waals surface area contributed by atoms with Crippen LogP contribution in [0.4, 0.5) is 18.9 Å². The first-order valence-corrected chi connectivity index (χ1v) is 9.57. The van der Waals surface area contributed by atoms with E-state index in [1.54, 1.807) is 25.1 Å². The molecule has 2 aromatic carbocycles. The molecule has 0 saturated heterocycles. The van der Waals surface area contributed by atoms with Crippen molar-refractivity contribution >= 4 is 34.5 Å². The number of aliphatic imine (C=N–C) groups is 1. The molecule has 0 radical (unpaired) electrons. The third-order valence-corrected chi connectivity index (χ3v) is 5.02. The molecule has 156 valence electrons. The number of hydrogen-bond acceptors (Lipinski definition) is 6. The lowest BCUT2D eigenvalue weighted by atomic mass is 10.1. The molecule has 1 aliphatic heterocycles. The summed E-state index contributed by atoms with van der Waals surface area (Å²) in [5, 5.41) is 20.5. The normalized spacial score (nSPS) is 17.1. The molecule has 30 heavy (non-hydrogen) atoms. The van der Waals surface area contributed by atoms with Gasteiger partial charge in [0.25, 0.3) is 0 Å². The van der Waals surface area contributed by atoms with E-state index in [9.17, 15) is 28.2 Å². The molecule has 0 unspecified atom stereocenters. The van der Waals surface area contributed by atoms with Gasteiger partial charge in [0.2, 0.25) is 0 Å². The molecule has 2 aromatic rings. The van der Waals surface area contributed by atoms with Gasteiger partial charge in [0.05, 0.1) is 22.8 Å². The maximum atomic E-state index is 13.0. The topological polar surface area (TPSA) is 79.1 Å². The molecule has 0 bridgehead atoms. The van der Waals surface area contributed by atoms with E-state index in [0.717, 1.165) is 23.9 Å². The summed E-state index contributed by atoms with van der Waals surface area (Å²) < 4.78 is 43.9. The van der Waals surface area contributed by atoms with Crippen LogP contribution in [0.25, 0.3) is 6.08 Å². The van der Waals surface area contributed by atoms with Crippen LogP contribution in [-0.2, 0) is 15.7 Å². The molecule has 1 aliphatic rings. The van der Waals surface area contributed by atoms with Crippen molar-refractivity contribution in [2.75, 3.05) is 6.61 Å². The van der Waals surface area contributed by atoms with E-state index in [4.69, 9.17) is 4.74 Å². The summed E-state index contributed by atoms with van der Waals surface area (Å²) in [6.45, 7) is 1.62. The third-order valence-electron chi connectivity index (χ3n) is 4.00. The standard InChI is InChI=1S/C21H16F3NO4S/c1-2-29-20(28)17-18(27)16(10-12-6-3-4-9-15(12)26)30-19(17)25-14-8-5-7-13(11-14)21(22,23)24/h3-11,26-27H,2H2,1H3/b16-10+,25-19?. The summed E-state index contributed by atoms with van der Waals surface area (Å²) in [4.78, 5) is 16.7. The fourth-order valence-electron chi connectivity index (χ4n) is 2.61. The summed E-state index contributed by atoms with van der Waals surface area (Å²) >= 11 is 0.887. The zero-order valence-corrected chi connectivity index (χ0v) is 16.4. The smallest absolute Gasteiger partial charge is 0.416 e. The Labute approximate surface area is 174 Å². The lowest BCUT2D eigenvalue weighted by molar-refractivity contribution is -0.138. The highest BCUT2D eigenvalue weighted by Gasteiger charge is 2.34. The van der Waals surface area contributed by atoms with E-state index in [-0.39, 0.29) is 33.6 Å². The van der Waals surface area contributed by atoms with E-state index in [1.807, 2.05) is 0 Å². The van der Waals surface area contributed by atoms with Crippen molar-refractivity contribution in [3.8, 4) is 5.75 Å². The molecule has 5 nitrogen and oxygen atoms in total. The van der Waals surface area contributed by atoms with Crippen LogP contribution in [0.15, 0.2) is 69.8 Å². The number of phenolic OH excluding ortho intramolecular Hbond substituents is 1. The number of halogens is 3. The molecule has 1 heterocycles. The largest absolute Gasteiger partial charge is 0.507 e. The van der Waals surface area contributed by atoms with Crippen LogP contribution in [-0.4, -0.2) is 27.8 Å². The number of esters is 1. The van der Waals surface area contributed by atoms with Gasteiger partial charge in [-0.3, -0.25) is 0 Å². The van der Waals surface area contributed by atoms with Crippen LogP contribution in [0.1, 0.15) is 18.1 Å². The van der Waals surface area contributed by atoms with Crippen molar-refractivity contribution in [1.29, 1.82) is 0 Å². The number of aliphatic hydroxyl groups is 1. The van der Waals surface area contributed by atoms with Crippen LogP contribution in [0.3, 0.4) is 0 Å². The SMILES string of the molecule is CCOC(=O)C1=C(O)/C(=C\c2ccccc2O)SC1=Nc1cccc(C(F)(F)F)c1. The second-order valence-electron chi connectivity index (χ2n) is 6.08. The van der Waals surface area contributed by atoms with Gasteiger partial charge in [0.15, 0.2) is 0 Å². The van der Waals surface area contributed by atoms with Gasteiger partial charge in [0, 0.05) is 5.56 Å². The van der Waals surface area contributed by atoms with Crippen molar-refractivity contribution in [2.45, 2.75) is 13.1 Å². The van der Waals surface area contributed by atoms with E-state index in [0.29, 0.717) is 5.56 Å². The van der Waals surface area contributed by atoms with Gasteiger partial charge in [-0.15, -0.1) is 0 Å². The lowest BCUT2D eigenvalue weighted by Gasteiger charge is -2.07. The van der Waals surface area contributed by atoms with Crippen molar-refractivity contribution in [2.24, 2.45) is 4.99 Å². The summed E-state index contributed by atoms with van der Waals surface area (Å²) in [7, 11) is 0. The molecule has 0 aliphatic carbocycles. The highest BCUT2D eigenvalue weighted by Crippen LogP contribution is 2.41. The van der Waals surface area contributed by atoms with E-state index in [2.05, 4.69) is 4.99 Å². The maximum Gasteiger partial charge on any atom is 0.416 e. The number of ether oxygens (including phenoxy) is 1. The van der Waals surface area contributed by atoms with Crippen LogP contribution < -0.4 is 0 Å². The second-order valence-corrected chi connectivity index (χ2v) is 7.11. The highest BCUT2D eigenvalue weighted by molar-refractivity contribution is 8.18. The number of aromatic hydroxyl groups is 1. The molecule has 0 spiro atoms. The number of hydrogen-bond donors (Lipinski definition) is 2. The Morgan fingerprint density at radius 3 is 2.57 bits per heavy atom. The maximum absolute atomic E-state index is 13.0. The summed E-state index contributed by atoms with van der Waals surface area (Å²) in [6.07, 6.45) is -3.10. The molecular weight excluding hydrogens is 419 g/mol. The van der Waals surface area contributed by atoms with Gasteiger partial charge in [-0.05, 0) is 37.3 Å². The van der Waals surface area contributed by atoms with Crippen molar-refractivity contribution in [3.63, 3.8) is 0 Å². The number of aliphatic hydroxyl groups excluding tert-OH is 1. The Balaban J connectivity index is 2.07. The Kier molecular flexibility index (Phi) is 6.21. The van der Waals surface area contributed by atoms with Crippen molar-refractivity contribution in [3.05, 3.63) is 75.9 Å². The van der Waals surface area contributed by atoms with Gasteiger partial charge in [-0.2, -0.15) is 13.2 Å². The first-order valence-electron chi connectivity index (χ1n) is 8.75. The Morgan fingerprint density at radius 1 is 1.17 bits per heavy atom. The molecule has 9 heteroatoms. The second kappa shape index (κ2) is 8.66. The predicted octanol–water partition coefficient (Wildman–Crippen LogP) is 5.60. The number of rotatable bonds is 4. The van der Waals surface area contributed by atoms with Crippen LogP contribution >= 0.6 is 11.8 Å². The number of thioether (sulfide) groups is 1. The first-order chi connectivity index (χ1) is 14.2. The van der Waals surface area contributed by atoms with E-state index >= 15 is 0 Å². The molecular formula is C21H16F3NO4S. The monoisotopic (exact) mass is 435 g/mol. The van der Waals surface area contributed by atoms with Crippen LogP contribution in [0.5, 0.6) is 5.75 Å². The van der Waals surface area contributed by atoms with Crippen LogP contribution in [0, 0.1) is 0 Å². The van der Waals surface area contributed by atoms with Gasteiger partial charge in [-0.1, -0.05) is 36.0 Å². The van der Waals surface area contributed by atoms with E-state index in [1.165, 1.54) is 24.3 Å². The highest BCUT2D eigenvalue weighted by atomic mass is 32.2. The van der Waals surface area contributed by atoms with Crippen molar-refractivity contribution in [1.82, 2.24) is 0 Å². The van der Waals surface area contributed by atoms with Gasteiger partial charge < -0.3 is 14.9 Å². The minimum atomic E-state index is -4.54. The van der Waals surface area contributed by atoms with Gasteiger partial charge in [-0.25, -0.2) is 9.79 Å². The van der Waals surface area contributed by atoms with Gasteiger partial charge >= 0.3 is 12.1 Å². The Morgan fingerprint density at radius 2 is 1.90 bits per heavy atom. The average molecular weight is 435 g/mol. The summed E-state index contributed by atoms with van der Waals surface area (Å²) in [5.41, 5.74) is -0.787. The molecule has 0 fully saturated rings. The third kappa shape index (κ3) is 4.68. The fraction of sp³-hybridized carbons (Fsp3) is 0.143. The molecule has 3 rings (SSSR count). The number of benzene rings is 2. The summed E-state index contributed by atoms with van der Waals surface area (Å²) in [6, 6.07) is 10.7. The number of carbonyl (C=O) groups is 1. The van der Waals surface area contributed by atoms with Crippen LogP contribution in [0.2, 0.25) is 0 Å². The fourth-order valence-corrected chi connectivity index (χ4v) is 3.64. The average Bonchev–Trinajstić information content (AvgIpc) is 2.98. The Hall–Kier alpha value is -3.20. The lowest BCUT2D eigenvalue weighted by Crippen LogP contribution is -2.13. The number of para-hydroxylation sites is 1. The first kappa shape index (κ1) is 21.5. The number of phenols is 1. The van der Waals surface area contributed by atoms with E-state index < -0.39 is 23.5 Å². The molecule has 0 aromatic heterocycles.